The largest absolute Gasteiger partial charge is 0.472 e. The van der Waals surface area contributed by atoms with Crippen molar-refractivity contribution >= 4 is 30.9 Å². The third-order valence-corrected chi connectivity index (χ3v) is 2.52. The van der Waals surface area contributed by atoms with Gasteiger partial charge in [-0.2, -0.15) is 0 Å². The van der Waals surface area contributed by atoms with Crippen LogP contribution in [0.5, 0.6) is 0 Å². The molecule has 0 spiro atoms. The van der Waals surface area contributed by atoms with Gasteiger partial charge in [-0.1, -0.05) is 26.7 Å². The summed E-state index contributed by atoms with van der Waals surface area (Å²) in [4.78, 5) is 9.08. The molecule has 0 aliphatic rings. The highest BCUT2D eigenvalue weighted by Gasteiger charge is 2.19. The average Bonchev–Trinajstić information content (AvgIpc) is 2.05. The zero-order chi connectivity index (χ0) is 10.2. The summed E-state index contributed by atoms with van der Waals surface area (Å²) in [5.74, 6) is 0. The third kappa shape index (κ3) is 11.0. The van der Waals surface area contributed by atoms with Gasteiger partial charge in [0.15, 0.2) is 0 Å². The minimum absolute atomic E-state index is 0. The zero-order valence-corrected chi connectivity index (χ0v) is 9.26. The fraction of sp³-hybridized carbons (Fsp3) is 1.00. The molecule has 0 aliphatic carbocycles. The van der Waals surface area contributed by atoms with E-state index in [2.05, 4.69) is 0 Å². The second kappa shape index (κ2) is 10.4. The quantitative estimate of drug-likeness (QED) is 0.397. The fourth-order valence-electron chi connectivity index (χ4n) is 0.686. The number of phosphoric ester groups is 1. The maximum Gasteiger partial charge on any atom is 0.472 e. The molecule has 0 heterocycles. The third-order valence-electron chi connectivity index (χ3n) is 1.50. The maximum absolute atomic E-state index is 11.1. The van der Waals surface area contributed by atoms with Crippen LogP contribution in [0.4, 0.5) is 0 Å². The van der Waals surface area contributed by atoms with Crippen LogP contribution in [0.1, 0.15) is 39.5 Å². The minimum Gasteiger partial charge on any atom is -0.302 e. The van der Waals surface area contributed by atoms with E-state index in [0.717, 1.165) is 25.7 Å². The van der Waals surface area contributed by atoms with Crippen LogP contribution >= 0.6 is 7.82 Å². The smallest absolute Gasteiger partial charge is 0.302 e. The Hall–Kier alpha value is 0.876. The van der Waals surface area contributed by atoms with Gasteiger partial charge in [0.1, 0.15) is 0 Å². The second-order valence-corrected chi connectivity index (χ2v) is 4.30. The summed E-state index contributed by atoms with van der Waals surface area (Å²) in [6, 6.07) is 0. The van der Waals surface area contributed by atoms with E-state index in [4.69, 9.17) is 13.9 Å². The van der Waals surface area contributed by atoms with Gasteiger partial charge in [-0.3, -0.25) is 9.05 Å². The van der Waals surface area contributed by atoms with Gasteiger partial charge in [-0.25, -0.2) is 4.57 Å². The molecule has 0 aromatic rings. The van der Waals surface area contributed by atoms with Gasteiger partial charge >= 0.3 is 30.9 Å². The first-order chi connectivity index (χ1) is 6.12. The molecule has 0 saturated heterocycles. The summed E-state index contributed by atoms with van der Waals surface area (Å²) < 4.78 is 20.5. The molecule has 0 radical (unpaired) electrons. The first kappa shape index (κ1) is 17.3. The lowest BCUT2D eigenvalue weighted by Crippen LogP contribution is -1.98. The first-order valence-electron chi connectivity index (χ1n) is 4.74. The van der Waals surface area contributed by atoms with Gasteiger partial charge < -0.3 is 4.89 Å². The van der Waals surface area contributed by atoms with Crippen LogP contribution in [-0.2, 0) is 13.6 Å². The molecule has 0 aromatic carbocycles. The van der Waals surface area contributed by atoms with Crippen LogP contribution in [0.2, 0.25) is 0 Å². The van der Waals surface area contributed by atoms with Gasteiger partial charge in [-0.15, -0.1) is 0 Å². The number of hydrogen-bond donors (Lipinski definition) is 1. The Morgan fingerprint density at radius 3 is 1.71 bits per heavy atom. The van der Waals surface area contributed by atoms with Crippen LogP contribution in [0.3, 0.4) is 0 Å². The zero-order valence-electron chi connectivity index (χ0n) is 8.36. The number of hydrogen-bond acceptors (Lipinski definition) is 3. The van der Waals surface area contributed by atoms with E-state index >= 15 is 0 Å². The van der Waals surface area contributed by atoms with Crippen molar-refractivity contribution in [1.82, 2.24) is 0 Å². The molecule has 6 heteroatoms. The Kier molecular flexibility index (Phi) is 12.8. The highest BCUT2D eigenvalue weighted by atomic mass is 31.2. The molecule has 0 aliphatic heterocycles. The topological polar surface area (TPSA) is 55.8 Å². The van der Waals surface area contributed by atoms with Crippen LogP contribution in [0, 0.1) is 0 Å². The molecule has 0 bridgehead atoms. The average molecular weight is 237 g/mol. The second-order valence-electron chi connectivity index (χ2n) is 2.84. The molecule has 0 amide bonds. The van der Waals surface area contributed by atoms with E-state index in [1.165, 1.54) is 0 Å². The monoisotopic (exact) mass is 236 g/mol. The lowest BCUT2D eigenvalue weighted by atomic mass is 10.4. The molecule has 0 atom stereocenters. The van der Waals surface area contributed by atoms with Gasteiger partial charge in [0.05, 0.1) is 13.2 Å². The van der Waals surface area contributed by atoms with E-state index in [9.17, 15) is 4.57 Å². The SMILES string of the molecule is CCCCOP(=O)(O)OCCCC.[MgH2]. The standard InChI is InChI=1S/C8H19O4P.Mg.2H/c1-3-5-7-11-13(9,10)12-8-6-4-2;;;/h3-8H2,1-2H3,(H,9,10);;;. The van der Waals surface area contributed by atoms with Crippen LogP contribution < -0.4 is 0 Å². The Labute approximate surface area is 102 Å². The predicted molar refractivity (Wildman–Crippen MR) is 60.1 cm³/mol. The Morgan fingerprint density at radius 1 is 1.07 bits per heavy atom. The summed E-state index contributed by atoms with van der Waals surface area (Å²) in [5, 5.41) is 0. The van der Waals surface area contributed by atoms with Crippen molar-refractivity contribution in [1.29, 1.82) is 0 Å². The Bertz CT molecular complexity index is 151. The molecule has 0 fully saturated rings. The van der Waals surface area contributed by atoms with Crippen LogP contribution in [-0.4, -0.2) is 41.2 Å². The molecule has 14 heavy (non-hydrogen) atoms. The number of phosphoric acid groups is 1. The van der Waals surface area contributed by atoms with Crippen LogP contribution in [0.25, 0.3) is 0 Å². The number of rotatable bonds is 8. The molecule has 84 valence electrons. The van der Waals surface area contributed by atoms with Crippen molar-refractivity contribution in [2.24, 2.45) is 0 Å². The van der Waals surface area contributed by atoms with Crippen molar-refractivity contribution in [2.75, 3.05) is 13.2 Å². The maximum atomic E-state index is 11.1. The summed E-state index contributed by atoms with van der Waals surface area (Å²) in [6.45, 7) is 4.56. The molecule has 0 aromatic heterocycles. The first-order valence-corrected chi connectivity index (χ1v) is 6.23. The molecular weight excluding hydrogens is 215 g/mol. The normalized spacial score (nSPS) is 11.1. The van der Waals surface area contributed by atoms with Crippen molar-refractivity contribution in [3.8, 4) is 0 Å². The van der Waals surface area contributed by atoms with Crippen molar-refractivity contribution in [2.45, 2.75) is 39.5 Å². The highest BCUT2D eigenvalue weighted by Crippen LogP contribution is 2.43. The van der Waals surface area contributed by atoms with Gasteiger partial charge in [0.25, 0.3) is 0 Å². The Morgan fingerprint density at radius 2 is 1.43 bits per heavy atom. The summed E-state index contributed by atoms with van der Waals surface area (Å²) in [5.41, 5.74) is 0. The molecular formula is C8H21MgO4P. The van der Waals surface area contributed by atoms with Crippen molar-refractivity contribution in [3.05, 3.63) is 0 Å². The lowest BCUT2D eigenvalue weighted by molar-refractivity contribution is 0.146. The fourth-order valence-corrected chi connectivity index (χ4v) is 1.48. The van der Waals surface area contributed by atoms with E-state index < -0.39 is 7.82 Å². The lowest BCUT2D eigenvalue weighted by Gasteiger charge is -2.10. The molecule has 1 N–H and O–H groups in total. The van der Waals surface area contributed by atoms with E-state index in [1.54, 1.807) is 0 Å². The molecule has 0 unspecified atom stereocenters. The summed E-state index contributed by atoms with van der Waals surface area (Å²) in [6.07, 6.45) is 3.44. The summed E-state index contributed by atoms with van der Waals surface area (Å²) in [7, 11) is -3.75. The molecule has 4 nitrogen and oxygen atoms in total. The Balaban J connectivity index is 0. The van der Waals surface area contributed by atoms with Crippen molar-refractivity contribution < 1.29 is 18.5 Å². The molecule has 0 rings (SSSR count). The van der Waals surface area contributed by atoms with Gasteiger partial charge in [0, 0.05) is 0 Å². The van der Waals surface area contributed by atoms with Crippen LogP contribution in [0.15, 0.2) is 0 Å². The summed E-state index contributed by atoms with van der Waals surface area (Å²) >= 11 is 0. The van der Waals surface area contributed by atoms with E-state index in [-0.39, 0.29) is 36.3 Å². The van der Waals surface area contributed by atoms with Crippen molar-refractivity contribution in [3.63, 3.8) is 0 Å². The number of unbranched alkanes of at least 4 members (excludes halogenated alkanes) is 2. The van der Waals surface area contributed by atoms with Gasteiger partial charge in [-0.05, 0) is 12.8 Å². The van der Waals surface area contributed by atoms with Gasteiger partial charge in [0.2, 0.25) is 0 Å². The highest BCUT2D eigenvalue weighted by molar-refractivity contribution is 7.47. The van der Waals surface area contributed by atoms with E-state index in [1.807, 2.05) is 13.8 Å². The van der Waals surface area contributed by atoms with E-state index in [0.29, 0.717) is 0 Å². The predicted octanol–water partition coefficient (Wildman–Crippen LogP) is 1.80. The molecule has 0 saturated carbocycles. The minimum atomic E-state index is -3.75.